The number of hydrogen-bond acceptors (Lipinski definition) is 4. The van der Waals surface area contributed by atoms with Crippen LogP contribution in [0.3, 0.4) is 0 Å². The summed E-state index contributed by atoms with van der Waals surface area (Å²) in [5.41, 5.74) is 2.92. The minimum Gasteiger partial charge on any atom is -0.342 e. The highest BCUT2D eigenvalue weighted by atomic mass is 16.2. The van der Waals surface area contributed by atoms with E-state index < -0.39 is 0 Å². The van der Waals surface area contributed by atoms with Crippen LogP contribution in [0.15, 0.2) is 42.7 Å². The third kappa shape index (κ3) is 3.03. The molecule has 0 radical (unpaired) electrons. The largest absolute Gasteiger partial charge is 0.342 e. The Bertz CT molecular complexity index is 958. The monoisotopic (exact) mass is 349 g/mol. The Balaban J connectivity index is 1.43. The number of rotatable bonds is 2. The molecule has 132 valence electrons. The Kier molecular flexibility index (Phi) is 4.12. The van der Waals surface area contributed by atoms with Gasteiger partial charge in [0, 0.05) is 44.1 Å². The summed E-state index contributed by atoms with van der Waals surface area (Å²) in [5.74, 6) is 0.763. The number of amides is 2. The minimum absolute atomic E-state index is 0.0207. The molecule has 1 aromatic carbocycles. The van der Waals surface area contributed by atoms with Crippen molar-refractivity contribution in [2.75, 3.05) is 26.2 Å². The predicted molar refractivity (Wildman–Crippen MR) is 96.9 cm³/mol. The maximum absolute atomic E-state index is 12.8. The van der Waals surface area contributed by atoms with E-state index in [-0.39, 0.29) is 11.8 Å². The van der Waals surface area contributed by atoms with Gasteiger partial charge in [0.25, 0.3) is 11.8 Å². The van der Waals surface area contributed by atoms with Gasteiger partial charge in [0.1, 0.15) is 5.82 Å². The number of hydrogen-bond donors (Lipinski definition) is 1. The third-order valence-corrected chi connectivity index (χ3v) is 4.61. The Morgan fingerprint density at radius 1 is 1.00 bits per heavy atom. The molecule has 0 unspecified atom stereocenters. The summed E-state index contributed by atoms with van der Waals surface area (Å²) in [6.45, 7) is 3.96. The molecule has 3 heterocycles. The van der Waals surface area contributed by atoms with Crippen molar-refractivity contribution in [1.29, 1.82) is 0 Å². The fourth-order valence-corrected chi connectivity index (χ4v) is 3.24. The lowest BCUT2D eigenvalue weighted by molar-refractivity contribution is 0.0535. The van der Waals surface area contributed by atoms with Crippen LogP contribution in [0.2, 0.25) is 0 Å². The average molecular weight is 349 g/mol. The highest BCUT2D eigenvalue weighted by molar-refractivity contribution is 5.98. The highest BCUT2D eigenvalue weighted by Crippen LogP contribution is 2.16. The molecule has 1 N–H and O–H groups in total. The maximum Gasteiger partial charge on any atom is 0.255 e. The molecule has 0 spiro atoms. The summed E-state index contributed by atoms with van der Waals surface area (Å²) in [5, 5.41) is 0. The number of pyridine rings is 1. The third-order valence-electron chi connectivity index (χ3n) is 4.61. The van der Waals surface area contributed by atoms with Crippen LogP contribution in [0.5, 0.6) is 0 Å². The molecule has 7 nitrogen and oxygen atoms in total. The predicted octanol–water partition coefficient (Wildman–Crippen LogP) is 1.86. The molecule has 0 saturated carbocycles. The van der Waals surface area contributed by atoms with Crippen molar-refractivity contribution in [3.63, 3.8) is 0 Å². The van der Waals surface area contributed by atoms with Gasteiger partial charge >= 0.3 is 0 Å². The summed E-state index contributed by atoms with van der Waals surface area (Å²) in [4.78, 5) is 40.3. The Hall–Kier alpha value is -3.22. The van der Waals surface area contributed by atoms with Crippen molar-refractivity contribution in [3.8, 4) is 0 Å². The number of nitrogens with zero attached hydrogens (tertiary/aromatic N) is 4. The number of fused-ring (bicyclic) bond motifs is 1. The van der Waals surface area contributed by atoms with E-state index in [1.807, 2.05) is 19.1 Å². The molecule has 2 aromatic heterocycles. The molecule has 2 amide bonds. The van der Waals surface area contributed by atoms with Crippen molar-refractivity contribution in [3.05, 3.63) is 59.7 Å². The van der Waals surface area contributed by atoms with Gasteiger partial charge in [-0.25, -0.2) is 4.98 Å². The second-order valence-corrected chi connectivity index (χ2v) is 6.38. The van der Waals surface area contributed by atoms with Gasteiger partial charge in [0.15, 0.2) is 0 Å². The van der Waals surface area contributed by atoms with Crippen LogP contribution < -0.4 is 0 Å². The van der Waals surface area contributed by atoms with Gasteiger partial charge in [-0.05, 0) is 37.3 Å². The SMILES string of the molecule is Cc1nc2ccc(C(=O)N3CCN(C(=O)c4cccnc4)CC3)cc2[nH]1. The van der Waals surface area contributed by atoms with Crippen LogP contribution in [0.4, 0.5) is 0 Å². The first kappa shape index (κ1) is 16.3. The van der Waals surface area contributed by atoms with Gasteiger partial charge < -0.3 is 14.8 Å². The van der Waals surface area contributed by atoms with E-state index >= 15 is 0 Å². The molecule has 7 heteroatoms. The zero-order valence-corrected chi connectivity index (χ0v) is 14.5. The van der Waals surface area contributed by atoms with Crippen molar-refractivity contribution in [2.45, 2.75) is 6.92 Å². The molecular weight excluding hydrogens is 330 g/mol. The van der Waals surface area contributed by atoms with Crippen LogP contribution in [0, 0.1) is 6.92 Å². The number of piperazine rings is 1. The van der Waals surface area contributed by atoms with Gasteiger partial charge in [0.05, 0.1) is 16.6 Å². The van der Waals surface area contributed by atoms with E-state index in [4.69, 9.17) is 0 Å². The number of imidazole rings is 1. The zero-order chi connectivity index (χ0) is 18.1. The van der Waals surface area contributed by atoms with Crippen LogP contribution in [0.25, 0.3) is 11.0 Å². The Labute approximate surface area is 150 Å². The summed E-state index contributed by atoms with van der Waals surface area (Å²) < 4.78 is 0. The number of H-pyrrole nitrogens is 1. The number of aromatic amines is 1. The molecule has 1 aliphatic rings. The molecule has 26 heavy (non-hydrogen) atoms. The van der Waals surface area contributed by atoms with Gasteiger partial charge in [-0.1, -0.05) is 0 Å². The lowest BCUT2D eigenvalue weighted by Crippen LogP contribution is -2.50. The van der Waals surface area contributed by atoms with Gasteiger partial charge in [-0.3, -0.25) is 14.6 Å². The van der Waals surface area contributed by atoms with E-state index in [0.717, 1.165) is 16.9 Å². The van der Waals surface area contributed by atoms with Gasteiger partial charge in [-0.15, -0.1) is 0 Å². The first-order valence-corrected chi connectivity index (χ1v) is 8.57. The summed E-state index contributed by atoms with van der Waals surface area (Å²) in [6, 6.07) is 9.01. The standard InChI is InChI=1S/C19H19N5O2/c1-13-21-16-5-4-14(11-17(16)22-13)18(25)23-7-9-24(10-8-23)19(26)15-3-2-6-20-12-15/h2-6,11-12H,7-10H2,1H3,(H,21,22). The topological polar surface area (TPSA) is 82.2 Å². The normalized spacial score (nSPS) is 14.7. The molecule has 0 aliphatic carbocycles. The molecule has 1 saturated heterocycles. The molecule has 3 aromatic rings. The zero-order valence-electron chi connectivity index (χ0n) is 14.5. The first-order chi connectivity index (χ1) is 12.6. The summed E-state index contributed by atoms with van der Waals surface area (Å²) in [7, 11) is 0. The van der Waals surface area contributed by atoms with Crippen LogP contribution in [-0.2, 0) is 0 Å². The minimum atomic E-state index is -0.0421. The summed E-state index contributed by atoms with van der Waals surface area (Å²) in [6.07, 6.45) is 3.22. The molecular formula is C19H19N5O2. The van der Waals surface area contributed by atoms with E-state index in [1.54, 1.807) is 40.4 Å². The fraction of sp³-hybridized carbons (Fsp3) is 0.263. The Morgan fingerprint density at radius 3 is 2.35 bits per heavy atom. The van der Waals surface area contributed by atoms with Crippen LogP contribution in [0.1, 0.15) is 26.5 Å². The molecule has 0 atom stereocenters. The quantitative estimate of drug-likeness (QED) is 0.766. The van der Waals surface area contributed by atoms with Crippen molar-refractivity contribution < 1.29 is 9.59 Å². The number of carbonyl (C=O) groups is 2. The van der Waals surface area contributed by atoms with E-state index in [1.165, 1.54) is 0 Å². The van der Waals surface area contributed by atoms with Crippen molar-refractivity contribution >= 4 is 22.8 Å². The summed E-state index contributed by atoms with van der Waals surface area (Å²) >= 11 is 0. The average Bonchev–Trinajstić information content (AvgIpc) is 3.07. The lowest BCUT2D eigenvalue weighted by Gasteiger charge is -2.34. The molecule has 1 fully saturated rings. The van der Waals surface area contributed by atoms with E-state index in [9.17, 15) is 9.59 Å². The first-order valence-electron chi connectivity index (χ1n) is 8.57. The van der Waals surface area contributed by atoms with Gasteiger partial charge in [0.2, 0.25) is 0 Å². The van der Waals surface area contributed by atoms with Crippen LogP contribution >= 0.6 is 0 Å². The van der Waals surface area contributed by atoms with Crippen molar-refractivity contribution in [1.82, 2.24) is 24.8 Å². The van der Waals surface area contributed by atoms with Gasteiger partial charge in [-0.2, -0.15) is 0 Å². The smallest absolute Gasteiger partial charge is 0.255 e. The number of carbonyl (C=O) groups excluding carboxylic acids is 2. The van der Waals surface area contributed by atoms with E-state index in [0.29, 0.717) is 37.3 Å². The number of benzene rings is 1. The van der Waals surface area contributed by atoms with E-state index in [2.05, 4.69) is 15.0 Å². The van der Waals surface area contributed by atoms with Crippen molar-refractivity contribution in [2.24, 2.45) is 0 Å². The maximum atomic E-state index is 12.8. The fourth-order valence-electron chi connectivity index (χ4n) is 3.24. The molecule has 1 aliphatic heterocycles. The lowest BCUT2D eigenvalue weighted by atomic mass is 10.1. The Morgan fingerprint density at radius 2 is 1.69 bits per heavy atom. The van der Waals surface area contributed by atoms with Crippen LogP contribution in [-0.4, -0.2) is 62.7 Å². The molecule has 0 bridgehead atoms. The highest BCUT2D eigenvalue weighted by Gasteiger charge is 2.25. The number of aryl methyl sites for hydroxylation is 1. The number of nitrogens with one attached hydrogen (secondary N) is 1. The second kappa shape index (κ2) is 6.59. The number of aromatic nitrogens is 3. The molecule has 4 rings (SSSR count). The second-order valence-electron chi connectivity index (χ2n) is 6.38.